The third-order valence-corrected chi connectivity index (χ3v) is 13.5. The second kappa shape index (κ2) is 28.4. The van der Waals surface area contributed by atoms with Crippen molar-refractivity contribution in [2.75, 3.05) is 26.4 Å². The predicted octanol–water partition coefficient (Wildman–Crippen LogP) is 14.5. The fraction of sp³-hybridized carbons (Fsp3) is 0.591. The summed E-state index contributed by atoms with van der Waals surface area (Å²) >= 11 is 0. The van der Waals surface area contributed by atoms with E-state index in [9.17, 15) is 0 Å². The maximum atomic E-state index is 4.98. The molecule has 0 saturated carbocycles. The maximum Gasteiger partial charge on any atom is 3.00 e. The molecular formula is C44H75BN3O2Si2Sm. The van der Waals surface area contributed by atoms with Crippen LogP contribution < -0.4 is 0 Å². The number of para-hydroxylation sites is 2. The van der Waals surface area contributed by atoms with E-state index >= 15 is 0 Å². The number of ether oxygens (including phenoxy) is 2. The van der Waals surface area contributed by atoms with Gasteiger partial charge in [-0.05, 0) is 49.4 Å². The maximum absolute atomic E-state index is 4.98. The molecule has 0 atom stereocenters. The van der Waals surface area contributed by atoms with Gasteiger partial charge < -0.3 is 24.6 Å². The third kappa shape index (κ3) is 24.3. The van der Waals surface area contributed by atoms with Gasteiger partial charge in [-0.2, -0.15) is 0 Å². The molecule has 0 N–H and O–H groups in total. The van der Waals surface area contributed by atoms with Crippen LogP contribution in [0.5, 0.6) is 0 Å². The number of nitrogens with zero attached hydrogens (tertiary/aromatic N) is 3. The summed E-state index contributed by atoms with van der Waals surface area (Å²) in [5.41, 5.74) is 7.55. The van der Waals surface area contributed by atoms with Crippen molar-refractivity contribution < 1.29 is 49.9 Å². The summed E-state index contributed by atoms with van der Waals surface area (Å²) in [7, 11) is -1.73. The van der Waals surface area contributed by atoms with Crippen molar-refractivity contribution in [3.63, 3.8) is 0 Å². The Bertz CT molecular complexity index is 1160. The first-order chi connectivity index (χ1) is 24.4. The van der Waals surface area contributed by atoms with E-state index in [1.807, 2.05) is 36.4 Å². The van der Waals surface area contributed by atoms with Gasteiger partial charge in [-0.15, -0.1) is 18.9 Å². The summed E-state index contributed by atoms with van der Waals surface area (Å²) < 4.78 is 14.7. The molecule has 9 heteroatoms. The molecule has 0 amide bonds. The van der Waals surface area contributed by atoms with Gasteiger partial charge in [-0.1, -0.05) is 206 Å². The molecule has 2 aliphatic heterocycles. The van der Waals surface area contributed by atoms with Gasteiger partial charge in [0.1, 0.15) is 0 Å². The fourth-order valence-electron chi connectivity index (χ4n) is 5.98. The summed E-state index contributed by atoms with van der Waals surface area (Å²) in [5, 5.41) is 9.96. The zero-order valence-corrected chi connectivity index (χ0v) is 40.8. The molecular weight excluding hydrogens is 820 g/mol. The molecule has 5 rings (SSSR count). The van der Waals surface area contributed by atoms with Gasteiger partial charge in [0.15, 0.2) is 0 Å². The molecule has 3 aromatic carbocycles. The van der Waals surface area contributed by atoms with Gasteiger partial charge in [-0.3, -0.25) is 0 Å². The van der Waals surface area contributed by atoms with E-state index < -0.39 is 16.5 Å². The van der Waals surface area contributed by atoms with Crippen LogP contribution >= 0.6 is 0 Å². The summed E-state index contributed by atoms with van der Waals surface area (Å²) in [6, 6.07) is 25.1. The molecule has 1 radical (unpaired) electrons. The van der Waals surface area contributed by atoms with Gasteiger partial charge in [0.2, 0.25) is 0 Å². The zero-order chi connectivity index (χ0) is 39.2. The summed E-state index contributed by atoms with van der Waals surface area (Å²) in [6.45, 7) is 35.7. The predicted molar refractivity (Wildman–Crippen MR) is 239 cm³/mol. The Hall–Kier alpha value is -1.02. The Morgan fingerprint density at radius 3 is 0.849 bits per heavy atom. The summed E-state index contributed by atoms with van der Waals surface area (Å²) in [6.07, 6.45) is 5.11. The molecule has 0 spiro atoms. The minimum absolute atomic E-state index is 0. The van der Waals surface area contributed by atoms with Crippen LogP contribution in [0.3, 0.4) is 0 Å². The van der Waals surface area contributed by atoms with Crippen LogP contribution in [-0.4, -0.2) is 50.4 Å². The van der Waals surface area contributed by atoms with E-state index in [0.717, 1.165) is 37.8 Å². The average Bonchev–Trinajstić information content (AvgIpc) is 3.85. The number of benzene rings is 3. The third-order valence-electron chi connectivity index (χ3n) is 8.13. The largest absolute Gasteiger partial charge is 3.00 e. The Labute approximate surface area is 362 Å². The standard InChI is InChI=1S/C24H35BN2.C6H18NSi2.C6H6.2C4H8O.Sm/c1-15(2)19-11-9-12-20(16(3)4)23(19)26-25-27-24-21(17(5)6)13-10-14-22(24)18(7)8;1-8(2,3)7-9(4,5)6;1-2-4-6-5-3-1;2*1-2-4-5-3-1;/h9-18,25H,1-8H3;1-6H3;1-6H;2*1-4H2;/q-2;-1;;;;+3. The topological polar surface area (TPSA) is 60.8 Å². The Kier molecular flexibility index (Phi) is 27.8. The van der Waals surface area contributed by atoms with Crippen molar-refractivity contribution in [2.45, 2.75) is 144 Å². The second-order valence-electron chi connectivity index (χ2n) is 16.9. The SMILES string of the molecule is C1CCOC1.C1CCOC1.CC(C)c1cccc(C(C)C)c1[N-]B[N-]c1c(C(C)C)cccc1C(C)C.C[Si](C)(C)[N-][Si](C)(C)C.[Sm+3].c1ccccc1. The van der Waals surface area contributed by atoms with Gasteiger partial charge in [0, 0.05) is 26.4 Å². The van der Waals surface area contributed by atoms with E-state index in [1.54, 1.807) is 0 Å². The smallest absolute Gasteiger partial charge is 0.724 e. The Morgan fingerprint density at radius 2 is 0.698 bits per heavy atom. The Morgan fingerprint density at radius 1 is 0.453 bits per heavy atom. The minimum atomic E-state index is -1.11. The molecule has 2 saturated heterocycles. The zero-order valence-electron chi connectivity index (χ0n) is 36.2. The number of hydrogen-bond acceptors (Lipinski definition) is 2. The van der Waals surface area contributed by atoms with Crippen LogP contribution in [0, 0.1) is 40.4 Å². The van der Waals surface area contributed by atoms with E-state index in [4.69, 9.17) is 24.6 Å². The van der Waals surface area contributed by atoms with Crippen LogP contribution in [0.25, 0.3) is 15.1 Å². The van der Waals surface area contributed by atoms with Crippen molar-refractivity contribution in [2.24, 2.45) is 0 Å². The monoisotopic (exact) mass is 896 g/mol. The van der Waals surface area contributed by atoms with E-state index in [-0.39, 0.29) is 40.4 Å². The molecule has 5 nitrogen and oxygen atoms in total. The molecule has 295 valence electrons. The molecule has 2 heterocycles. The van der Waals surface area contributed by atoms with Crippen LogP contribution in [0.2, 0.25) is 39.3 Å². The first kappa shape index (κ1) is 52.0. The van der Waals surface area contributed by atoms with Gasteiger partial charge in [0.25, 0.3) is 0 Å². The van der Waals surface area contributed by atoms with Crippen molar-refractivity contribution in [3.8, 4) is 0 Å². The number of hydrogen-bond donors (Lipinski definition) is 0. The summed E-state index contributed by atoms with van der Waals surface area (Å²) in [4.78, 5) is 0. The minimum Gasteiger partial charge on any atom is -0.724 e. The van der Waals surface area contributed by atoms with Crippen LogP contribution in [0.4, 0.5) is 11.4 Å². The Balaban J connectivity index is 0.000000829. The van der Waals surface area contributed by atoms with Crippen LogP contribution in [-0.2, 0) is 9.47 Å². The summed E-state index contributed by atoms with van der Waals surface area (Å²) in [5.74, 6) is 1.82. The van der Waals surface area contributed by atoms with E-state index in [1.165, 1.54) is 47.9 Å². The van der Waals surface area contributed by atoms with Crippen molar-refractivity contribution in [1.82, 2.24) is 0 Å². The first-order valence-corrected chi connectivity index (χ1v) is 26.8. The van der Waals surface area contributed by atoms with Crippen molar-refractivity contribution in [1.29, 1.82) is 0 Å². The molecule has 0 bridgehead atoms. The fourth-order valence-corrected chi connectivity index (χ4v) is 14.0. The van der Waals surface area contributed by atoms with E-state index in [0.29, 0.717) is 31.2 Å². The van der Waals surface area contributed by atoms with Crippen LogP contribution in [0.1, 0.15) is 127 Å². The molecule has 53 heavy (non-hydrogen) atoms. The van der Waals surface area contributed by atoms with Gasteiger partial charge in [-0.25, -0.2) is 0 Å². The second-order valence-corrected chi connectivity index (χ2v) is 26.5. The van der Waals surface area contributed by atoms with Crippen molar-refractivity contribution >= 4 is 35.4 Å². The quantitative estimate of drug-likeness (QED) is 0.190. The average molecular weight is 895 g/mol. The molecule has 2 fully saturated rings. The van der Waals surface area contributed by atoms with E-state index in [2.05, 4.69) is 131 Å². The normalized spacial score (nSPS) is 13.7. The van der Waals surface area contributed by atoms with Gasteiger partial charge in [0.05, 0.1) is 0 Å². The van der Waals surface area contributed by atoms with Gasteiger partial charge >= 0.3 is 40.4 Å². The van der Waals surface area contributed by atoms with Crippen LogP contribution in [0.15, 0.2) is 72.8 Å². The molecule has 0 aromatic heterocycles. The molecule has 0 unspecified atom stereocenters. The van der Waals surface area contributed by atoms with Crippen molar-refractivity contribution in [3.05, 3.63) is 110 Å². The molecule has 3 aromatic rings. The number of rotatable bonds is 10. The molecule has 2 aliphatic rings. The molecule has 0 aliphatic carbocycles. The first-order valence-electron chi connectivity index (χ1n) is 19.9.